The average molecular weight is 196 g/mol. The highest BCUT2D eigenvalue weighted by atomic mass is 19.1. The van der Waals surface area contributed by atoms with E-state index in [4.69, 9.17) is 5.11 Å². The lowest BCUT2D eigenvalue weighted by molar-refractivity contribution is -0.131. The van der Waals surface area contributed by atoms with Crippen molar-refractivity contribution in [1.82, 2.24) is 0 Å². The van der Waals surface area contributed by atoms with Crippen molar-refractivity contribution in [3.63, 3.8) is 0 Å². The molecule has 14 heavy (non-hydrogen) atoms. The highest BCUT2D eigenvalue weighted by molar-refractivity contribution is 6.40. The van der Waals surface area contributed by atoms with Crippen LogP contribution in [0.25, 0.3) is 0 Å². The van der Waals surface area contributed by atoms with Gasteiger partial charge in [0.1, 0.15) is 5.82 Å². The molecule has 4 nitrogen and oxygen atoms in total. The Labute approximate surface area is 78.0 Å². The Morgan fingerprint density at radius 1 is 1.36 bits per heavy atom. The predicted molar refractivity (Wildman–Crippen MR) is 43.8 cm³/mol. The summed E-state index contributed by atoms with van der Waals surface area (Å²) in [6.45, 7) is 0. The number of Topliss-reactive ketones (excluding diaryl/α,β-unsaturated/α-hetero) is 1. The van der Waals surface area contributed by atoms with Crippen molar-refractivity contribution in [3.05, 3.63) is 35.1 Å². The van der Waals surface area contributed by atoms with Crippen LogP contribution in [0, 0.1) is 5.82 Å². The van der Waals surface area contributed by atoms with Gasteiger partial charge in [0.15, 0.2) is 6.29 Å². The van der Waals surface area contributed by atoms with Gasteiger partial charge in [0.2, 0.25) is 0 Å². The van der Waals surface area contributed by atoms with E-state index in [2.05, 4.69) is 0 Å². The number of ketones is 1. The lowest BCUT2D eigenvalue weighted by Crippen LogP contribution is -2.14. The minimum absolute atomic E-state index is 0.235. The number of hydrogen-bond acceptors (Lipinski definition) is 3. The van der Waals surface area contributed by atoms with Crippen molar-refractivity contribution < 1.29 is 23.9 Å². The van der Waals surface area contributed by atoms with Gasteiger partial charge in [-0.1, -0.05) is 0 Å². The van der Waals surface area contributed by atoms with Gasteiger partial charge in [-0.25, -0.2) is 9.18 Å². The fourth-order valence-corrected chi connectivity index (χ4v) is 0.953. The standard InChI is InChI=1S/C9H5FO4/c10-6-1-2-7(5(3-6)4-11)8(12)9(13)14/h1-4H,(H,13,14). The average Bonchev–Trinajstić information content (AvgIpc) is 2.16. The van der Waals surface area contributed by atoms with E-state index in [1.807, 2.05) is 0 Å². The van der Waals surface area contributed by atoms with E-state index >= 15 is 0 Å². The number of rotatable bonds is 3. The number of halogens is 1. The molecule has 5 heteroatoms. The molecule has 0 aromatic heterocycles. The Hall–Kier alpha value is -2.04. The zero-order valence-corrected chi connectivity index (χ0v) is 6.86. The molecule has 0 atom stereocenters. The number of carbonyl (C=O) groups excluding carboxylic acids is 2. The van der Waals surface area contributed by atoms with E-state index in [0.29, 0.717) is 0 Å². The first kappa shape index (κ1) is 10.0. The number of aldehydes is 1. The van der Waals surface area contributed by atoms with Crippen molar-refractivity contribution in [1.29, 1.82) is 0 Å². The molecule has 0 amide bonds. The third-order valence-electron chi connectivity index (χ3n) is 1.58. The van der Waals surface area contributed by atoms with Crippen LogP contribution in [0.15, 0.2) is 18.2 Å². The van der Waals surface area contributed by atoms with E-state index in [1.54, 1.807) is 0 Å². The predicted octanol–water partition coefficient (Wildman–Crippen LogP) is 0.906. The molecule has 72 valence electrons. The van der Waals surface area contributed by atoms with Crippen LogP contribution in [-0.4, -0.2) is 23.1 Å². The van der Waals surface area contributed by atoms with E-state index < -0.39 is 17.6 Å². The summed E-state index contributed by atoms with van der Waals surface area (Å²) in [5.74, 6) is -3.61. The summed E-state index contributed by atoms with van der Waals surface area (Å²) < 4.78 is 12.6. The normalized spacial score (nSPS) is 9.50. The highest BCUT2D eigenvalue weighted by Crippen LogP contribution is 2.10. The molecule has 0 fully saturated rings. The SMILES string of the molecule is O=Cc1cc(F)ccc1C(=O)C(=O)O. The van der Waals surface area contributed by atoms with Crippen molar-refractivity contribution in [3.8, 4) is 0 Å². The Bertz CT molecular complexity index is 411. The first-order valence-corrected chi connectivity index (χ1v) is 3.58. The van der Waals surface area contributed by atoms with E-state index in [0.717, 1.165) is 18.2 Å². The van der Waals surface area contributed by atoms with Gasteiger partial charge in [0, 0.05) is 11.1 Å². The fourth-order valence-electron chi connectivity index (χ4n) is 0.953. The number of carbonyl (C=O) groups is 3. The molecule has 1 rings (SSSR count). The Balaban J connectivity index is 3.27. The van der Waals surface area contributed by atoms with Gasteiger partial charge in [0.05, 0.1) is 0 Å². The number of aliphatic carboxylic acids is 1. The molecule has 0 saturated heterocycles. The summed E-state index contributed by atoms with van der Waals surface area (Å²) in [5, 5.41) is 8.37. The number of benzene rings is 1. The van der Waals surface area contributed by atoms with Gasteiger partial charge in [-0.15, -0.1) is 0 Å². The van der Waals surface area contributed by atoms with Crippen LogP contribution in [0.2, 0.25) is 0 Å². The number of carboxylic acids is 1. The van der Waals surface area contributed by atoms with Crippen molar-refractivity contribution >= 4 is 18.0 Å². The summed E-state index contributed by atoms with van der Waals surface area (Å²) in [5.41, 5.74) is -0.577. The van der Waals surface area contributed by atoms with Crippen LogP contribution in [0.5, 0.6) is 0 Å². The number of hydrogen-bond donors (Lipinski definition) is 1. The Morgan fingerprint density at radius 2 is 2.00 bits per heavy atom. The molecule has 1 aromatic rings. The molecule has 1 aromatic carbocycles. The quantitative estimate of drug-likeness (QED) is 0.443. The topological polar surface area (TPSA) is 71.4 Å². The van der Waals surface area contributed by atoms with Gasteiger partial charge < -0.3 is 5.11 Å². The zero-order valence-electron chi connectivity index (χ0n) is 6.86. The monoisotopic (exact) mass is 196 g/mol. The van der Waals surface area contributed by atoms with E-state index in [1.165, 1.54) is 0 Å². The summed E-state index contributed by atoms with van der Waals surface area (Å²) in [6.07, 6.45) is 0.235. The van der Waals surface area contributed by atoms with Crippen LogP contribution in [0.4, 0.5) is 4.39 Å². The molecule has 0 aliphatic carbocycles. The molecule has 1 N–H and O–H groups in total. The molecule has 0 aliphatic rings. The lowest BCUT2D eigenvalue weighted by Gasteiger charge is -1.99. The summed E-state index contributed by atoms with van der Waals surface area (Å²) in [7, 11) is 0. The minimum atomic E-state index is -1.68. The molecule has 0 radical (unpaired) electrons. The van der Waals surface area contributed by atoms with Crippen molar-refractivity contribution in [2.45, 2.75) is 0 Å². The van der Waals surface area contributed by atoms with Gasteiger partial charge in [-0.05, 0) is 18.2 Å². The molecular weight excluding hydrogens is 191 g/mol. The van der Waals surface area contributed by atoms with Crippen LogP contribution in [0.3, 0.4) is 0 Å². The van der Waals surface area contributed by atoms with Gasteiger partial charge in [-0.2, -0.15) is 0 Å². The van der Waals surface area contributed by atoms with Gasteiger partial charge in [0.25, 0.3) is 5.78 Å². The molecule has 0 spiro atoms. The fraction of sp³-hybridized carbons (Fsp3) is 0. The summed E-state index contributed by atoms with van der Waals surface area (Å²) in [4.78, 5) is 31.6. The summed E-state index contributed by atoms with van der Waals surface area (Å²) in [6, 6.07) is 2.70. The Kier molecular flexibility index (Phi) is 2.71. The maximum absolute atomic E-state index is 12.6. The first-order chi connectivity index (χ1) is 6.56. The van der Waals surface area contributed by atoms with Crippen LogP contribution in [0.1, 0.15) is 20.7 Å². The largest absolute Gasteiger partial charge is 0.475 e. The van der Waals surface area contributed by atoms with Crippen molar-refractivity contribution in [2.24, 2.45) is 0 Å². The zero-order chi connectivity index (χ0) is 10.7. The maximum Gasteiger partial charge on any atom is 0.377 e. The molecule has 0 aliphatic heterocycles. The smallest absolute Gasteiger partial charge is 0.377 e. The third kappa shape index (κ3) is 1.82. The molecule has 0 saturated carbocycles. The van der Waals surface area contributed by atoms with E-state index in [-0.39, 0.29) is 17.4 Å². The summed E-state index contributed by atoms with van der Waals surface area (Å²) >= 11 is 0. The van der Waals surface area contributed by atoms with E-state index in [9.17, 15) is 18.8 Å². The molecule has 0 heterocycles. The van der Waals surface area contributed by atoms with Gasteiger partial charge >= 0.3 is 5.97 Å². The minimum Gasteiger partial charge on any atom is -0.475 e. The highest BCUT2D eigenvalue weighted by Gasteiger charge is 2.18. The third-order valence-corrected chi connectivity index (χ3v) is 1.58. The maximum atomic E-state index is 12.6. The Morgan fingerprint density at radius 3 is 2.50 bits per heavy atom. The molecule has 0 bridgehead atoms. The second-order valence-corrected chi connectivity index (χ2v) is 2.48. The second kappa shape index (κ2) is 3.78. The lowest BCUT2D eigenvalue weighted by atomic mass is 10.0. The van der Waals surface area contributed by atoms with Crippen LogP contribution in [-0.2, 0) is 4.79 Å². The van der Waals surface area contributed by atoms with Crippen LogP contribution < -0.4 is 0 Å². The van der Waals surface area contributed by atoms with Crippen molar-refractivity contribution in [2.75, 3.05) is 0 Å². The second-order valence-electron chi connectivity index (χ2n) is 2.48. The van der Waals surface area contributed by atoms with Gasteiger partial charge in [-0.3, -0.25) is 9.59 Å². The van der Waals surface area contributed by atoms with Crippen LogP contribution >= 0.6 is 0 Å². The first-order valence-electron chi connectivity index (χ1n) is 3.58. The number of carboxylic acid groups (broad SMARTS) is 1. The molecule has 0 unspecified atom stereocenters. The molecular formula is C9H5FO4.